The average molecular weight is 386 g/mol. The Morgan fingerprint density at radius 1 is 1.14 bits per heavy atom. The van der Waals surface area contributed by atoms with Gasteiger partial charge >= 0.3 is 0 Å². The van der Waals surface area contributed by atoms with E-state index in [1.807, 2.05) is 42.6 Å². The van der Waals surface area contributed by atoms with Crippen LogP contribution in [0.2, 0.25) is 0 Å². The van der Waals surface area contributed by atoms with Crippen molar-refractivity contribution in [2.24, 2.45) is 0 Å². The van der Waals surface area contributed by atoms with Crippen LogP contribution in [0.5, 0.6) is 0 Å². The van der Waals surface area contributed by atoms with Gasteiger partial charge in [0.1, 0.15) is 0 Å². The van der Waals surface area contributed by atoms with Gasteiger partial charge in [-0.2, -0.15) is 0 Å². The molecule has 2 heterocycles. The Balaban J connectivity index is 1.81. The molecule has 148 valence electrons. The Kier molecular flexibility index (Phi) is 6.74. The summed E-state index contributed by atoms with van der Waals surface area (Å²) < 4.78 is 0. The van der Waals surface area contributed by atoms with E-state index in [1.165, 1.54) is 0 Å². The van der Waals surface area contributed by atoms with Crippen molar-refractivity contribution in [3.05, 3.63) is 102 Å². The monoisotopic (exact) mass is 386 g/mol. The van der Waals surface area contributed by atoms with Crippen LogP contribution in [0, 0.1) is 0 Å². The van der Waals surface area contributed by atoms with Gasteiger partial charge in [-0.15, -0.1) is 0 Å². The summed E-state index contributed by atoms with van der Waals surface area (Å²) in [6.07, 6.45) is 4.28. The molecule has 2 aromatic heterocycles. The predicted octanol–water partition coefficient (Wildman–Crippen LogP) is 3.79. The van der Waals surface area contributed by atoms with Gasteiger partial charge < -0.3 is 10.6 Å². The maximum absolute atomic E-state index is 12.8. The zero-order valence-corrected chi connectivity index (χ0v) is 16.9. The molecular weight excluding hydrogens is 360 g/mol. The molecular formula is C24H26N4O. The van der Waals surface area contributed by atoms with Crippen molar-refractivity contribution in [3.63, 3.8) is 0 Å². The van der Waals surface area contributed by atoms with E-state index >= 15 is 0 Å². The first-order valence-corrected chi connectivity index (χ1v) is 9.69. The number of carbonyl (C=O) groups is 1. The number of carbonyl (C=O) groups excluding carboxylic acids is 1. The number of pyridine rings is 2. The number of amides is 1. The van der Waals surface area contributed by atoms with E-state index in [0.717, 1.165) is 23.2 Å². The average Bonchev–Trinajstić information content (AvgIpc) is 2.79. The number of benzene rings is 1. The third kappa shape index (κ3) is 5.29. The molecule has 3 aromatic rings. The summed E-state index contributed by atoms with van der Waals surface area (Å²) in [5, 5.41) is 6.02. The Morgan fingerprint density at radius 2 is 1.93 bits per heavy atom. The summed E-state index contributed by atoms with van der Waals surface area (Å²) in [5.74, 6) is -0.0642. The van der Waals surface area contributed by atoms with Gasteiger partial charge in [-0.25, -0.2) is 0 Å². The van der Waals surface area contributed by atoms with Crippen molar-refractivity contribution in [3.8, 4) is 0 Å². The van der Waals surface area contributed by atoms with E-state index in [0.29, 0.717) is 23.5 Å². The largest absolute Gasteiger partial charge is 0.387 e. The number of nitrogens with one attached hydrogen (secondary N) is 2. The van der Waals surface area contributed by atoms with Crippen LogP contribution in [-0.2, 0) is 6.42 Å². The first-order valence-electron chi connectivity index (χ1n) is 9.69. The molecule has 0 radical (unpaired) electrons. The van der Waals surface area contributed by atoms with Crippen LogP contribution < -0.4 is 10.6 Å². The molecule has 0 aliphatic rings. The van der Waals surface area contributed by atoms with E-state index < -0.39 is 0 Å². The summed E-state index contributed by atoms with van der Waals surface area (Å²) >= 11 is 0. The second-order valence-electron chi connectivity index (χ2n) is 6.89. The Hall–Kier alpha value is -3.47. The van der Waals surface area contributed by atoms with Gasteiger partial charge in [-0.05, 0) is 35.7 Å². The fraction of sp³-hybridized carbons (Fsp3) is 0.208. The quantitative estimate of drug-likeness (QED) is 0.618. The number of rotatable bonds is 8. The Labute approximate surface area is 171 Å². The summed E-state index contributed by atoms with van der Waals surface area (Å²) in [6, 6.07) is 17.7. The zero-order valence-electron chi connectivity index (χ0n) is 16.9. The van der Waals surface area contributed by atoms with Crippen molar-refractivity contribution >= 4 is 11.6 Å². The molecule has 5 heteroatoms. The predicted molar refractivity (Wildman–Crippen MR) is 117 cm³/mol. The van der Waals surface area contributed by atoms with E-state index in [4.69, 9.17) is 4.98 Å². The SMILES string of the molecule is C=C(NC)c1cc(C(=O)NCCc2cccnc2)cc(C(C)c2ccccc2)n1. The van der Waals surface area contributed by atoms with Crippen molar-refractivity contribution in [2.45, 2.75) is 19.3 Å². The molecule has 0 aliphatic carbocycles. The third-order valence-corrected chi connectivity index (χ3v) is 4.88. The smallest absolute Gasteiger partial charge is 0.251 e. The molecule has 0 spiro atoms. The normalized spacial score (nSPS) is 11.5. The minimum absolute atomic E-state index is 0.0581. The molecule has 2 N–H and O–H groups in total. The van der Waals surface area contributed by atoms with Crippen molar-refractivity contribution in [2.75, 3.05) is 13.6 Å². The van der Waals surface area contributed by atoms with Crippen molar-refractivity contribution in [1.29, 1.82) is 0 Å². The fourth-order valence-corrected chi connectivity index (χ4v) is 3.07. The van der Waals surface area contributed by atoms with Gasteiger partial charge in [0.15, 0.2) is 0 Å². The molecule has 3 rings (SSSR count). The zero-order chi connectivity index (χ0) is 20.6. The molecule has 29 heavy (non-hydrogen) atoms. The molecule has 1 amide bonds. The third-order valence-electron chi connectivity index (χ3n) is 4.88. The summed E-state index contributed by atoms with van der Waals surface area (Å²) in [5.41, 5.74) is 5.00. The molecule has 1 aromatic carbocycles. The lowest BCUT2D eigenvalue weighted by Crippen LogP contribution is -2.26. The van der Waals surface area contributed by atoms with Crippen LogP contribution in [0.4, 0.5) is 0 Å². The molecule has 0 saturated heterocycles. The van der Waals surface area contributed by atoms with E-state index in [9.17, 15) is 4.79 Å². The van der Waals surface area contributed by atoms with Crippen LogP contribution in [0.15, 0.2) is 73.6 Å². The maximum atomic E-state index is 12.8. The van der Waals surface area contributed by atoms with Gasteiger partial charge in [0, 0.05) is 43.2 Å². The highest BCUT2D eigenvalue weighted by molar-refractivity contribution is 5.95. The molecule has 5 nitrogen and oxygen atoms in total. The Morgan fingerprint density at radius 3 is 2.62 bits per heavy atom. The summed E-state index contributed by atoms with van der Waals surface area (Å²) in [4.78, 5) is 21.6. The Bertz CT molecular complexity index is 971. The lowest BCUT2D eigenvalue weighted by Gasteiger charge is -2.16. The number of nitrogens with zero attached hydrogens (tertiary/aromatic N) is 2. The topological polar surface area (TPSA) is 66.9 Å². The highest BCUT2D eigenvalue weighted by Gasteiger charge is 2.16. The molecule has 0 fully saturated rings. The molecule has 0 aliphatic heterocycles. The second-order valence-corrected chi connectivity index (χ2v) is 6.89. The summed E-state index contributed by atoms with van der Waals surface area (Å²) in [7, 11) is 1.80. The van der Waals surface area contributed by atoms with Crippen LogP contribution in [0.25, 0.3) is 5.70 Å². The number of hydrogen-bond acceptors (Lipinski definition) is 4. The van der Waals surface area contributed by atoms with Gasteiger partial charge in [0.05, 0.1) is 11.4 Å². The lowest BCUT2D eigenvalue weighted by molar-refractivity contribution is 0.0954. The van der Waals surface area contributed by atoms with Crippen molar-refractivity contribution in [1.82, 2.24) is 20.6 Å². The highest BCUT2D eigenvalue weighted by Crippen LogP contribution is 2.24. The van der Waals surface area contributed by atoms with E-state index in [-0.39, 0.29) is 11.8 Å². The van der Waals surface area contributed by atoms with Crippen molar-refractivity contribution < 1.29 is 4.79 Å². The highest BCUT2D eigenvalue weighted by atomic mass is 16.1. The first-order chi connectivity index (χ1) is 14.1. The number of hydrogen-bond donors (Lipinski definition) is 2. The van der Waals surface area contributed by atoms with Crippen LogP contribution >= 0.6 is 0 Å². The minimum Gasteiger partial charge on any atom is -0.387 e. The van der Waals surface area contributed by atoms with Crippen LogP contribution in [0.1, 0.15) is 45.7 Å². The lowest BCUT2D eigenvalue weighted by atomic mass is 9.95. The molecule has 1 atom stereocenters. The fourth-order valence-electron chi connectivity index (χ4n) is 3.07. The van der Waals surface area contributed by atoms with Gasteiger partial charge in [0.25, 0.3) is 5.91 Å². The van der Waals surface area contributed by atoms with Gasteiger partial charge in [-0.1, -0.05) is 49.9 Å². The second kappa shape index (κ2) is 9.64. The maximum Gasteiger partial charge on any atom is 0.251 e. The first kappa shape index (κ1) is 20.3. The summed E-state index contributed by atoms with van der Waals surface area (Å²) in [6.45, 7) is 6.64. The van der Waals surface area contributed by atoms with Crippen LogP contribution in [-0.4, -0.2) is 29.5 Å². The molecule has 0 saturated carbocycles. The van der Waals surface area contributed by atoms with Crippen LogP contribution in [0.3, 0.4) is 0 Å². The van der Waals surface area contributed by atoms with Gasteiger partial charge in [-0.3, -0.25) is 14.8 Å². The minimum atomic E-state index is -0.122. The van der Waals surface area contributed by atoms with E-state index in [2.05, 4.69) is 41.3 Å². The molecule has 0 bridgehead atoms. The molecule has 1 unspecified atom stereocenters. The van der Waals surface area contributed by atoms with E-state index in [1.54, 1.807) is 19.3 Å². The number of aromatic nitrogens is 2. The van der Waals surface area contributed by atoms with Gasteiger partial charge in [0.2, 0.25) is 0 Å². The standard InChI is InChI=1S/C24H26N4O/c1-17(20-9-5-4-6-10-20)22-14-21(15-23(28-22)18(2)25-3)24(29)27-13-11-19-8-7-12-26-16-19/h4-10,12,14-17,25H,2,11,13H2,1,3H3,(H,27,29).